The minimum atomic E-state index is -0.114. The molecule has 1 saturated heterocycles. The molecular weight excluding hydrogens is 466 g/mol. The van der Waals surface area contributed by atoms with Crippen molar-refractivity contribution in [2.45, 2.75) is 58.2 Å². The highest BCUT2D eigenvalue weighted by Crippen LogP contribution is 2.35. The Balaban J connectivity index is 1.29. The summed E-state index contributed by atoms with van der Waals surface area (Å²) in [6.07, 6.45) is 6.18. The first-order valence-electron chi connectivity index (χ1n) is 13.3. The zero-order valence-corrected chi connectivity index (χ0v) is 22.0. The Bertz CT molecular complexity index is 1310. The van der Waals surface area contributed by atoms with E-state index in [4.69, 9.17) is 0 Å². The normalized spacial score (nSPS) is 18.2. The van der Waals surface area contributed by atoms with E-state index in [1.165, 1.54) is 11.6 Å². The Hall–Kier alpha value is -3.46. The fraction of sp³-hybridized carbons (Fsp3) is 0.500. The first kappa shape index (κ1) is 25.2. The molecule has 1 amide bonds. The fourth-order valence-electron chi connectivity index (χ4n) is 5.27. The molecule has 1 saturated carbocycles. The smallest absolute Gasteiger partial charge is 0.327 e. The highest BCUT2D eigenvalue weighted by Gasteiger charge is 2.29. The maximum atomic E-state index is 12.3. The van der Waals surface area contributed by atoms with Gasteiger partial charge < -0.3 is 15.2 Å². The summed E-state index contributed by atoms with van der Waals surface area (Å²) in [7, 11) is 0. The topological polar surface area (TPSA) is 99.2 Å². The molecule has 0 unspecified atom stereocenters. The van der Waals surface area contributed by atoms with Crippen molar-refractivity contribution in [3.8, 4) is 0 Å². The monoisotopic (exact) mass is 503 g/mol. The van der Waals surface area contributed by atoms with Crippen LogP contribution in [-0.2, 0) is 4.79 Å². The molecule has 1 aromatic carbocycles. The lowest BCUT2D eigenvalue weighted by molar-refractivity contribution is -0.128. The molecule has 2 fully saturated rings. The second kappa shape index (κ2) is 10.5. The Morgan fingerprint density at radius 2 is 1.81 bits per heavy atom. The van der Waals surface area contributed by atoms with Gasteiger partial charge in [0.1, 0.15) is 5.52 Å². The minimum absolute atomic E-state index is 0.00329. The molecule has 5 rings (SSSR count). The van der Waals surface area contributed by atoms with Crippen LogP contribution < -0.4 is 11.0 Å². The molecule has 3 aromatic rings. The van der Waals surface area contributed by atoms with E-state index in [-0.39, 0.29) is 23.7 Å². The summed E-state index contributed by atoms with van der Waals surface area (Å²) >= 11 is 0. The van der Waals surface area contributed by atoms with E-state index >= 15 is 0 Å². The molecule has 2 atom stereocenters. The molecule has 2 N–H and O–H groups in total. The second-order valence-electron chi connectivity index (χ2n) is 10.7. The summed E-state index contributed by atoms with van der Waals surface area (Å²) in [6.45, 7) is 13.4. The number of rotatable bonds is 9. The van der Waals surface area contributed by atoms with Crippen LogP contribution in [-0.4, -0.2) is 61.4 Å². The van der Waals surface area contributed by atoms with Crippen LogP contribution in [0.1, 0.15) is 69.3 Å². The van der Waals surface area contributed by atoms with E-state index in [2.05, 4.69) is 76.8 Å². The van der Waals surface area contributed by atoms with Crippen LogP contribution in [0.2, 0.25) is 0 Å². The molecule has 37 heavy (non-hydrogen) atoms. The molecule has 0 radical (unpaired) electrons. The number of amides is 1. The number of piperazine rings is 1. The van der Waals surface area contributed by atoms with Crippen molar-refractivity contribution >= 4 is 23.0 Å². The number of hydrogen-bond donors (Lipinski definition) is 2. The van der Waals surface area contributed by atoms with Gasteiger partial charge in [-0.25, -0.2) is 9.78 Å². The van der Waals surface area contributed by atoms with Crippen LogP contribution in [0.5, 0.6) is 0 Å². The first-order valence-corrected chi connectivity index (χ1v) is 13.3. The lowest BCUT2D eigenvalue weighted by Gasteiger charge is -2.40. The third-order valence-corrected chi connectivity index (χ3v) is 7.47. The van der Waals surface area contributed by atoms with Gasteiger partial charge in [0.15, 0.2) is 5.65 Å². The lowest BCUT2D eigenvalue weighted by Crippen LogP contribution is -2.49. The maximum Gasteiger partial charge on any atom is 0.327 e. The number of H-pyrrole nitrogens is 1. The Kier molecular flexibility index (Phi) is 7.15. The summed E-state index contributed by atoms with van der Waals surface area (Å²) in [5, 5.41) is 3.40. The number of anilines is 1. The maximum absolute atomic E-state index is 12.3. The highest BCUT2D eigenvalue weighted by molar-refractivity contribution is 5.87. The molecule has 2 aromatic heterocycles. The van der Waals surface area contributed by atoms with Gasteiger partial charge in [-0.3, -0.25) is 14.3 Å². The van der Waals surface area contributed by atoms with Crippen molar-refractivity contribution in [3.05, 3.63) is 64.7 Å². The summed E-state index contributed by atoms with van der Waals surface area (Å²) in [5.74, 6) is 1.09. The average Bonchev–Trinajstić information content (AvgIpc) is 3.68. The minimum Gasteiger partial charge on any atom is -0.348 e. The molecule has 9 heteroatoms. The molecule has 3 heterocycles. The number of hydrogen-bond acceptors (Lipinski definition) is 6. The largest absolute Gasteiger partial charge is 0.348 e. The molecular formula is C28H37N7O2. The molecule has 2 aliphatic rings. The molecule has 0 bridgehead atoms. The fourth-order valence-corrected chi connectivity index (χ4v) is 5.27. The number of carbonyl (C=O) groups excluding carboxylic acids is 1. The summed E-state index contributed by atoms with van der Waals surface area (Å²) in [4.78, 5) is 40.6. The zero-order chi connectivity index (χ0) is 26.1. The number of nitrogens with zero attached hydrogens (tertiary/aromatic N) is 5. The molecule has 1 aliphatic carbocycles. The summed E-state index contributed by atoms with van der Waals surface area (Å²) in [5.41, 5.74) is 3.67. The van der Waals surface area contributed by atoms with Gasteiger partial charge in [0.05, 0.1) is 12.2 Å². The van der Waals surface area contributed by atoms with Crippen LogP contribution >= 0.6 is 0 Å². The van der Waals surface area contributed by atoms with Gasteiger partial charge in [0.2, 0.25) is 11.9 Å². The van der Waals surface area contributed by atoms with Gasteiger partial charge in [-0.2, -0.15) is 4.98 Å². The van der Waals surface area contributed by atoms with Gasteiger partial charge in [-0.15, -0.1) is 0 Å². The van der Waals surface area contributed by atoms with E-state index < -0.39 is 0 Å². The van der Waals surface area contributed by atoms with E-state index in [1.807, 2.05) is 4.90 Å². The number of aromatic amines is 1. The number of benzene rings is 1. The van der Waals surface area contributed by atoms with Gasteiger partial charge >= 0.3 is 5.69 Å². The average molecular weight is 504 g/mol. The van der Waals surface area contributed by atoms with Crippen LogP contribution in [0.15, 0.2) is 47.9 Å². The van der Waals surface area contributed by atoms with Gasteiger partial charge in [0.25, 0.3) is 0 Å². The number of aromatic nitrogens is 4. The Labute approximate surface area is 217 Å². The third-order valence-electron chi connectivity index (χ3n) is 7.47. The molecule has 196 valence electrons. The van der Waals surface area contributed by atoms with Crippen molar-refractivity contribution in [3.63, 3.8) is 0 Å². The third kappa shape index (κ3) is 5.46. The first-order chi connectivity index (χ1) is 17.8. The number of fused-ring (bicyclic) bond motifs is 1. The quantitative estimate of drug-likeness (QED) is 0.428. The van der Waals surface area contributed by atoms with Crippen molar-refractivity contribution in [2.75, 3.05) is 31.5 Å². The van der Waals surface area contributed by atoms with Crippen LogP contribution in [0.3, 0.4) is 0 Å². The second-order valence-corrected chi connectivity index (χ2v) is 10.7. The Morgan fingerprint density at radius 1 is 1.14 bits per heavy atom. The van der Waals surface area contributed by atoms with E-state index in [1.54, 1.807) is 10.8 Å². The van der Waals surface area contributed by atoms with Crippen molar-refractivity contribution in [2.24, 2.45) is 5.92 Å². The number of carbonyl (C=O) groups is 1. The number of nitrogens with one attached hydrogen (secondary N) is 2. The van der Waals surface area contributed by atoms with E-state index in [0.717, 1.165) is 51.0 Å². The highest BCUT2D eigenvalue weighted by atomic mass is 16.2. The molecule has 9 nitrogen and oxygen atoms in total. The van der Waals surface area contributed by atoms with Gasteiger partial charge in [-0.05, 0) is 49.3 Å². The Morgan fingerprint density at radius 3 is 2.43 bits per heavy atom. The van der Waals surface area contributed by atoms with Gasteiger partial charge in [-0.1, -0.05) is 44.7 Å². The van der Waals surface area contributed by atoms with Crippen LogP contribution in [0, 0.1) is 5.92 Å². The lowest BCUT2D eigenvalue weighted by atomic mass is 9.93. The zero-order valence-electron chi connectivity index (χ0n) is 22.0. The summed E-state index contributed by atoms with van der Waals surface area (Å²) in [6, 6.07) is 9.36. The molecule has 1 aliphatic heterocycles. The summed E-state index contributed by atoms with van der Waals surface area (Å²) < 4.78 is 1.75. The standard InChI is InChI=1S/C28H37N7O2/c1-5-25(36)34-14-12-33(13-15-34)24(16-18(2)3)21-8-6-20(7-9-21)19(4)30-27-29-17-23-26(32-27)35(22-10-11-22)28(37)31-23/h5-9,17-19,22,24H,1,10-16H2,2-4H3,(H,31,37)(H,29,30,32)/t19-,24+/m0/s1. The van der Waals surface area contributed by atoms with Crippen LogP contribution in [0.25, 0.3) is 11.2 Å². The SMILES string of the molecule is C=CC(=O)N1CCN([C@H](CC(C)C)c2ccc([C@H](C)Nc3ncc4[nH]c(=O)n(C5CC5)c4n3)cc2)CC1. The van der Waals surface area contributed by atoms with E-state index in [0.29, 0.717) is 29.1 Å². The van der Waals surface area contributed by atoms with Crippen molar-refractivity contribution in [1.29, 1.82) is 0 Å². The van der Waals surface area contributed by atoms with Crippen LogP contribution in [0.4, 0.5) is 5.95 Å². The predicted octanol–water partition coefficient (Wildman–Crippen LogP) is 4.05. The molecule has 0 spiro atoms. The predicted molar refractivity (Wildman–Crippen MR) is 145 cm³/mol. The van der Waals surface area contributed by atoms with Crippen molar-refractivity contribution < 1.29 is 4.79 Å². The van der Waals surface area contributed by atoms with Gasteiger partial charge in [0, 0.05) is 38.3 Å². The van der Waals surface area contributed by atoms with Crippen molar-refractivity contribution in [1.82, 2.24) is 29.3 Å². The van der Waals surface area contributed by atoms with E-state index in [9.17, 15) is 9.59 Å². The number of imidazole rings is 1.